The van der Waals surface area contributed by atoms with Crippen LogP contribution in [0.2, 0.25) is 0 Å². The van der Waals surface area contributed by atoms with Crippen molar-refractivity contribution < 1.29 is 48.1 Å². The van der Waals surface area contributed by atoms with Crippen molar-refractivity contribution in [3.63, 3.8) is 0 Å². The molecule has 3 aliphatic carbocycles. The van der Waals surface area contributed by atoms with Crippen LogP contribution < -0.4 is 5.32 Å². The number of amides is 2. The van der Waals surface area contributed by atoms with Gasteiger partial charge in [0, 0.05) is 34.8 Å². The number of benzene rings is 1. The van der Waals surface area contributed by atoms with Gasteiger partial charge in [-0.3, -0.25) is 24.0 Å². The van der Waals surface area contributed by atoms with Gasteiger partial charge in [0.2, 0.25) is 11.8 Å². The molecule has 278 valence electrons. The number of hydrogen-bond donors (Lipinski definition) is 2. The molecule has 8 rings (SSSR count). The zero-order valence-corrected chi connectivity index (χ0v) is 31.5. The first-order valence-electron chi connectivity index (χ1n) is 18.5. The molecule has 0 unspecified atom stereocenters. The molecule has 4 saturated heterocycles. The van der Waals surface area contributed by atoms with Crippen molar-refractivity contribution in [3.8, 4) is 0 Å². The highest BCUT2D eigenvalue weighted by molar-refractivity contribution is 14.1. The van der Waals surface area contributed by atoms with Crippen LogP contribution in [0.3, 0.4) is 0 Å². The average Bonchev–Trinajstić information content (AvgIpc) is 4.00. The molecular weight excluding hydrogens is 773 g/mol. The first kappa shape index (κ1) is 35.6. The highest BCUT2D eigenvalue weighted by Crippen LogP contribution is 2.64. The monoisotopic (exact) mass is 821 g/mol. The highest BCUT2D eigenvalue weighted by Gasteiger charge is 2.78. The molecule has 7 aliphatic rings. The predicted molar refractivity (Wildman–Crippen MR) is 187 cm³/mol. The zero-order valence-electron chi connectivity index (χ0n) is 29.4. The zero-order chi connectivity index (χ0) is 35.9. The number of ether oxygens (including phenoxy) is 4. The number of hydroxylamine groups is 2. The fourth-order valence-electron chi connectivity index (χ4n) is 9.16. The van der Waals surface area contributed by atoms with Gasteiger partial charge >= 0.3 is 11.9 Å². The van der Waals surface area contributed by atoms with Gasteiger partial charge in [-0.15, -0.1) is 0 Å². The van der Waals surface area contributed by atoms with Gasteiger partial charge in [0.25, 0.3) is 0 Å². The van der Waals surface area contributed by atoms with Crippen molar-refractivity contribution in [1.82, 2.24) is 15.3 Å². The third kappa shape index (κ3) is 6.38. The molecule has 1 aromatic rings. The van der Waals surface area contributed by atoms with E-state index in [9.17, 15) is 19.5 Å². The summed E-state index contributed by atoms with van der Waals surface area (Å²) in [4.78, 5) is 64.0. The normalized spacial score (nSPS) is 34.5. The molecule has 0 spiro atoms. The molecule has 51 heavy (non-hydrogen) atoms. The third-order valence-corrected chi connectivity index (χ3v) is 12.4. The number of carbonyl (C=O) groups excluding carboxylic acids is 4. The fraction of sp³-hybridized carbons (Fsp3) is 0.730. The first-order chi connectivity index (χ1) is 24.3. The number of nitrogens with zero attached hydrogens (tertiary/aromatic N) is 2. The van der Waals surface area contributed by atoms with Crippen LogP contribution in [0.1, 0.15) is 84.1 Å². The number of carbonyl (C=O) groups is 4. The Bertz CT molecular complexity index is 1550. The van der Waals surface area contributed by atoms with Gasteiger partial charge in [-0.2, -0.15) is 5.06 Å². The molecule has 14 heteroatoms. The largest absolute Gasteiger partial charge is 0.460 e. The molecule has 4 aliphatic heterocycles. The Kier molecular flexibility index (Phi) is 9.22. The lowest BCUT2D eigenvalue weighted by molar-refractivity contribution is -0.235. The van der Waals surface area contributed by atoms with Crippen molar-refractivity contribution in [1.29, 1.82) is 0 Å². The second-order valence-electron chi connectivity index (χ2n) is 16.5. The summed E-state index contributed by atoms with van der Waals surface area (Å²) < 4.78 is 26.4. The van der Waals surface area contributed by atoms with Crippen molar-refractivity contribution in [2.75, 3.05) is 13.2 Å². The Balaban J connectivity index is 1.07. The number of hydrogen-bond acceptors (Lipinski definition) is 11. The Labute approximate surface area is 311 Å². The van der Waals surface area contributed by atoms with E-state index in [1.54, 1.807) is 30.7 Å². The van der Waals surface area contributed by atoms with E-state index in [1.807, 2.05) is 24.3 Å². The van der Waals surface area contributed by atoms with Crippen LogP contribution in [0.5, 0.6) is 0 Å². The summed E-state index contributed by atoms with van der Waals surface area (Å²) in [7, 11) is 0. The van der Waals surface area contributed by atoms with E-state index < -0.39 is 77.2 Å². The van der Waals surface area contributed by atoms with Crippen LogP contribution >= 0.6 is 22.6 Å². The third-order valence-electron chi connectivity index (χ3n) is 11.6. The van der Waals surface area contributed by atoms with Gasteiger partial charge < -0.3 is 34.3 Å². The Morgan fingerprint density at radius 3 is 2.39 bits per heavy atom. The van der Waals surface area contributed by atoms with Crippen LogP contribution in [0.15, 0.2) is 24.3 Å². The number of aliphatic hydroxyl groups is 1. The maximum Gasteiger partial charge on any atom is 0.327 e. The molecule has 1 aromatic carbocycles. The van der Waals surface area contributed by atoms with E-state index >= 15 is 4.79 Å². The van der Waals surface area contributed by atoms with Crippen LogP contribution in [0.25, 0.3) is 0 Å². The van der Waals surface area contributed by atoms with E-state index in [-0.39, 0.29) is 50.2 Å². The Morgan fingerprint density at radius 1 is 1.06 bits per heavy atom. The van der Waals surface area contributed by atoms with Crippen LogP contribution in [0.4, 0.5) is 0 Å². The molecule has 4 heterocycles. The average molecular weight is 822 g/mol. The summed E-state index contributed by atoms with van der Waals surface area (Å²) in [5.41, 5.74) is -1.10. The maximum atomic E-state index is 15.3. The van der Waals surface area contributed by atoms with Crippen LogP contribution in [0, 0.1) is 20.8 Å². The number of fused-ring (bicyclic) bond motifs is 4. The summed E-state index contributed by atoms with van der Waals surface area (Å²) >= 11 is 2.24. The molecule has 0 radical (unpaired) electrons. The van der Waals surface area contributed by atoms with Crippen molar-refractivity contribution in [3.05, 3.63) is 33.4 Å². The molecule has 0 aromatic heterocycles. The van der Waals surface area contributed by atoms with E-state index in [0.717, 1.165) is 34.8 Å². The number of aliphatic hydroxyl groups excluding tert-OH is 1. The summed E-state index contributed by atoms with van der Waals surface area (Å²) in [6.45, 7) is 5.55. The van der Waals surface area contributed by atoms with Crippen molar-refractivity contribution >= 4 is 46.3 Å². The summed E-state index contributed by atoms with van der Waals surface area (Å²) in [5, 5.41) is 14.6. The van der Waals surface area contributed by atoms with Crippen LogP contribution in [-0.4, -0.2) is 106 Å². The summed E-state index contributed by atoms with van der Waals surface area (Å²) in [6, 6.07) is 5.36. The molecule has 8 atom stereocenters. The van der Waals surface area contributed by atoms with Crippen molar-refractivity contribution in [2.24, 2.45) is 17.3 Å². The van der Waals surface area contributed by atoms with Gasteiger partial charge in [-0.1, -0.05) is 12.1 Å². The number of nitrogens with one attached hydrogen (secondary N) is 1. The van der Waals surface area contributed by atoms with Gasteiger partial charge in [-0.25, -0.2) is 0 Å². The second kappa shape index (κ2) is 13.2. The van der Waals surface area contributed by atoms with E-state index in [1.165, 1.54) is 0 Å². The lowest BCUT2D eigenvalue weighted by Gasteiger charge is -2.50. The first-order valence-corrected chi connectivity index (χ1v) is 19.6. The maximum absolute atomic E-state index is 15.3. The van der Waals surface area contributed by atoms with Crippen LogP contribution in [-0.2, 0) is 49.5 Å². The van der Waals surface area contributed by atoms with E-state index in [2.05, 4.69) is 27.9 Å². The topological polar surface area (TPSA) is 153 Å². The summed E-state index contributed by atoms with van der Waals surface area (Å²) in [6.07, 6.45) is 2.75. The summed E-state index contributed by atoms with van der Waals surface area (Å²) in [5.74, 6) is -1.92. The highest BCUT2D eigenvalue weighted by atomic mass is 127. The number of esters is 2. The molecule has 3 saturated carbocycles. The Hall–Kier alpha value is -2.37. The van der Waals surface area contributed by atoms with Gasteiger partial charge in [0.1, 0.15) is 41.5 Å². The predicted octanol–water partition coefficient (Wildman–Crippen LogP) is 2.98. The molecule has 2 N–H and O–H groups in total. The minimum Gasteiger partial charge on any atom is -0.460 e. The standard InChI is InChI=1S/C37H48IN3O10/c1-35(2,3)48-27(43)15-14-24(19-42)39-32(44)25-5-4-16-40(25)34(46)36-17-26-28-29(50-37(49-28,21-8-9-21)22-10-11-22)31(36)51-41(30(36)33(45)47-26)18-20-6-12-23(38)13-7-20/h6-7,12-13,21-22,24-26,28-31,42H,4-5,8-11,14-19H2,1-3H3,(H,39,44)/t24-,25+,26+,28-,29-,30-,31+,36-/m0/s1. The van der Waals surface area contributed by atoms with Crippen molar-refractivity contribution in [2.45, 2.75) is 139 Å². The molecular formula is C37H48IN3O10. The molecule has 2 amide bonds. The van der Waals surface area contributed by atoms with E-state index in [4.69, 9.17) is 23.8 Å². The van der Waals surface area contributed by atoms with Gasteiger partial charge in [0.15, 0.2) is 11.8 Å². The molecule has 2 bridgehead atoms. The Morgan fingerprint density at radius 2 is 1.75 bits per heavy atom. The number of rotatable bonds is 11. The van der Waals surface area contributed by atoms with E-state index in [0.29, 0.717) is 19.4 Å². The fourth-order valence-corrected chi connectivity index (χ4v) is 9.52. The SMILES string of the molecule is CC(C)(C)OC(=O)CC[C@@H](CO)NC(=O)[C@H]1CCCN1C(=O)[C@@]12C[C@H]3OC(=O)[C@@H]1N(Cc1ccc(I)cc1)O[C@@H]2[C@H]1OC(C2CC2)(C2CC2)O[C@H]13. The molecule has 7 fully saturated rings. The number of halogens is 1. The minimum absolute atomic E-state index is 0.0215. The molecule has 13 nitrogen and oxygen atoms in total. The number of likely N-dealkylation sites (tertiary alicyclic amines) is 1. The lowest BCUT2D eigenvalue weighted by Crippen LogP contribution is -2.70. The quantitative estimate of drug-likeness (QED) is 0.251. The minimum atomic E-state index is -1.37. The smallest absolute Gasteiger partial charge is 0.327 e. The second-order valence-corrected chi connectivity index (χ2v) is 17.7. The van der Waals surface area contributed by atoms with Gasteiger partial charge in [0.05, 0.1) is 19.2 Å². The van der Waals surface area contributed by atoms with Gasteiger partial charge in [-0.05, 0) is 106 Å². The lowest BCUT2D eigenvalue weighted by atomic mass is 9.62.